The summed E-state index contributed by atoms with van der Waals surface area (Å²) >= 11 is 0. The number of aromatic nitrogens is 2. The van der Waals surface area contributed by atoms with Gasteiger partial charge in [0.05, 0.1) is 11.1 Å². The fourth-order valence-electron chi connectivity index (χ4n) is 7.35. The molecule has 0 fully saturated rings. The molecule has 8 rings (SSSR count). The fraction of sp³-hybridized carbons (Fsp3) is 0.250. The average molecular weight is 441 g/mol. The number of hydrogen-bond donors (Lipinski definition) is 0. The molecule has 34 heavy (non-hydrogen) atoms. The highest BCUT2D eigenvalue weighted by molar-refractivity contribution is 5.86. The second kappa shape index (κ2) is 6.33. The number of nitrogens with zero attached hydrogens (tertiary/aromatic N) is 2. The lowest BCUT2D eigenvalue weighted by Gasteiger charge is -2.18. The minimum Gasteiger partial charge on any atom is -0.126 e. The Morgan fingerprint density at radius 1 is 0.735 bits per heavy atom. The number of benzene rings is 2. The van der Waals surface area contributed by atoms with E-state index in [2.05, 4.69) is 96.0 Å². The molecule has 0 saturated heterocycles. The van der Waals surface area contributed by atoms with Gasteiger partial charge in [-0.15, -0.1) is 9.13 Å². The van der Waals surface area contributed by atoms with Gasteiger partial charge in [-0.2, -0.15) is 0 Å². The third kappa shape index (κ3) is 2.05. The molecule has 2 heteroatoms. The van der Waals surface area contributed by atoms with Gasteiger partial charge in [0.2, 0.25) is 11.4 Å². The first kappa shape index (κ1) is 18.9. The van der Waals surface area contributed by atoms with Crippen molar-refractivity contribution in [3.63, 3.8) is 0 Å². The van der Waals surface area contributed by atoms with E-state index < -0.39 is 0 Å². The number of aryl methyl sites for hydroxylation is 2. The largest absolute Gasteiger partial charge is 0.417 e. The highest BCUT2D eigenvalue weighted by Crippen LogP contribution is 2.52. The molecule has 4 heterocycles. The summed E-state index contributed by atoms with van der Waals surface area (Å²) in [4.78, 5) is 0. The molecule has 1 spiro atoms. The van der Waals surface area contributed by atoms with Crippen molar-refractivity contribution in [3.05, 3.63) is 112 Å². The molecule has 0 saturated carbocycles. The van der Waals surface area contributed by atoms with Gasteiger partial charge in [0, 0.05) is 23.8 Å². The van der Waals surface area contributed by atoms with E-state index in [0.29, 0.717) is 0 Å². The first-order valence-corrected chi connectivity index (χ1v) is 12.7. The fourth-order valence-corrected chi connectivity index (χ4v) is 7.35. The SMILES string of the molecule is Cc1cc2[n+](cc1C)C1(c3ccccc3-c3cccc[n+]31)c1ccc3c(c1-2)CC1=C3CCCC1. The summed E-state index contributed by atoms with van der Waals surface area (Å²) < 4.78 is 5.11. The van der Waals surface area contributed by atoms with Crippen LogP contribution in [0.2, 0.25) is 0 Å². The van der Waals surface area contributed by atoms with E-state index in [0.717, 1.165) is 6.42 Å². The van der Waals surface area contributed by atoms with E-state index >= 15 is 0 Å². The first-order chi connectivity index (χ1) is 16.7. The lowest BCUT2D eigenvalue weighted by Crippen LogP contribution is -2.71. The molecule has 0 N–H and O–H groups in total. The monoisotopic (exact) mass is 440 g/mol. The molecule has 164 valence electrons. The van der Waals surface area contributed by atoms with Gasteiger partial charge in [-0.1, -0.05) is 23.8 Å². The summed E-state index contributed by atoms with van der Waals surface area (Å²) in [5.74, 6) is 0. The van der Waals surface area contributed by atoms with E-state index in [9.17, 15) is 0 Å². The highest BCUT2D eigenvalue weighted by Gasteiger charge is 2.67. The maximum absolute atomic E-state index is 2.59. The maximum Gasteiger partial charge on any atom is 0.417 e. The van der Waals surface area contributed by atoms with Gasteiger partial charge in [0.15, 0.2) is 12.4 Å². The predicted molar refractivity (Wildman–Crippen MR) is 134 cm³/mol. The third-order valence-electron chi connectivity index (χ3n) is 8.94. The van der Waals surface area contributed by atoms with Crippen LogP contribution in [0.15, 0.2) is 78.6 Å². The molecule has 4 aliphatic rings. The van der Waals surface area contributed by atoms with Gasteiger partial charge in [0.1, 0.15) is 11.1 Å². The van der Waals surface area contributed by atoms with Crippen LogP contribution in [0.4, 0.5) is 0 Å². The highest BCUT2D eigenvalue weighted by atomic mass is 15.3. The predicted octanol–water partition coefficient (Wildman–Crippen LogP) is 6.02. The minimum atomic E-state index is -0.381. The lowest BCUT2D eigenvalue weighted by molar-refractivity contribution is -0.955. The summed E-state index contributed by atoms with van der Waals surface area (Å²) in [6.07, 6.45) is 11.0. The molecule has 0 bridgehead atoms. The molecular formula is C32H28N2+2. The molecule has 2 aromatic carbocycles. The van der Waals surface area contributed by atoms with Crippen molar-refractivity contribution in [1.82, 2.24) is 0 Å². The van der Waals surface area contributed by atoms with Crippen LogP contribution < -0.4 is 9.13 Å². The van der Waals surface area contributed by atoms with Crippen molar-refractivity contribution in [1.29, 1.82) is 0 Å². The maximum atomic E-state index is 2.59. The van der Waals surface area contributed by atoms with Gasteiger partial charge < -0.3 is 0 Å². The molecule has 1 atom stereocenters. The molecule has 1 unspecified atom stereocenters. The molecule has 2 nitrogen and oxygen atoms in total. The molecule has 2 aliphatic heterocycles. The van der Waals surface area contributed by atoms with Crippen molar-refractivity contribution >= 4 is 5.57 Å². The quantitative estimate of drug-likeness (QED) is 0.255. The van der Waals surface area contributed by atoms with Crippen molar-refractivity contribution < 1.29 is 9.13 Å². The van der Waals surface area contributed by atoms with Crippen LogP contribution in [0.3, 0.4) is 0 Å². The Labute approximate surface area is 200 Å². The van der Waals surface area contributed by atoms with Crippen molar-refractivity contribution in [2.45, 2.75) is 51.6 Å². The number of hydrogen-bond acceptors (Lipinski definition) is 0. The first-order valence-electron chi connectivity index (χ1n) is 12.7. The zero-order valence-corrected chi connectivity index (χ0v) is 19.9. The van der Waals surface area contributed by atoms with Crippen molar-refractivity contribution in [2.75, 3.05) is 0 Å². The Hall–Kier alpha value is -3.52. The minimum absolute atomic E-state index is 0.381. The van der Waals surface area contributed by atoms with Gasteiger partial charge in [-0.25, -0.2) is 0 Å². The summed E-state index contributed by atoms with van der Waals surface area (Å²) in [6.45, 7) is 4.51. The van der Waals surface area contributed by atoms with E-state index in [-0.39, 0.29) is 5.66 Å². The number of rotatable bonds is 0. The van der Waals surface area contributed by atoms with Crippen LogP contribution in [-0.4, -0.2) is 0 Å². The Morgan fingerprint density at radius 2 is 1.59 bits per heavy atom. The van der Waals surface area contributed by atoms with E-state index in [4.69, 9.17) is 0 Å². The average Bonchev–Trinajstić information content (AvgIpc) is 3.48. The van der Waals surface area contributed by atoms with Crippen LogP contribution in [0.5, 0.6) is 0 Å². The van der Waals surface area contributed by atoms with Gasteiger partial charge in [-0.05, 0) is 92.5 Å². The molecule has 0 amide bonds. The number of fused-ring (bicyclic) bond motifs is 13. The third-order valence-corrected chi connectivity index (χ3v) is 8.94. The van der Waals surface area contributed by atoms with Crippen LogP contribution in [0, 0.1) is 13.8 Å². The van der Waals surface area contributed by atoms with Crippen LogP contribution in [-0.2, 0) is 12.1 Å². The standard InChI is InChI=1S/C32H28N2/c1-20-17-30-31-26-18-22-9-3-4-10-23(22)24(26)14-15-28(31)32(34(30)19-21(20)2)27-12-6-5-11-25(27)29-13-7-8-16-33(29)32/h5-8,11-17,19H,3-4,9-10,18H2,1-2H3/q+2. The van der Waals surface area contributed by atoms with Crippen molar-refractivity contribution in [2.24, 2.45) is 0 Å². The molecule has 4 aromatic rings. The number of allylic oxidation sites excluding steroid dienone is 2. The molecule has 2 aromatic heterocycles. The van der Waals surface area contributed by atoms with Crippen LogP contribution in [0.25, 0.3) is 28.1 Å². The topological polar surface area (TPSA) is 7.76 Å². The Bertz CT molecular complexity index is 1560. The molecular weight excluding hydrogens is 412 g/mol. The summed E-state index contributed by atoms with van der Waals surface area (Å²) in [6, 6.07) is 23.0. The van der Waals surface area contributed by atoms with E-state index in [1.165, 1.54) is 76.0 Å². The Balaban J connectivity index is 1.54. The zero-order valence-electron chi connectivity index (χ0n) is 19.9. The lowest BCUT2D eigenvalue weighted by atomic mass is 9.86. The van der Waals surface area contributed by atoms with E-state index in [1.807, 2.05) is 0 Å². The smallest absolute Gasteiger partial charge is 0.126 e. The summed E-state index contributed by atoms with van der Waals surface area (Å²) in [5.41, 5.74) is 17.1. The Morgan fingerprint density at radius 3 is 2.53 bits per heavy atom. The van der Waals surface area contributed by atoms with Gasteiger partial charge in [-0.3, -0.25) is 0 Å². The van der Waals surface area contributed by atoms with Gasteiger partial charge in [0.25, 0.3) is 0 Å². The number of pyridine rings is 2. The second-order valence-corrected chi connectivity index (χ2v) is 10.5. The van der Waals surface area contributed by atoms with E-state index in [1.54, 1.807) is 16.7 Å². The second-order valence-electron chi connectivity index (χ2n) is 10.5. The van der Waals surface area contributed by atoms with Crippen LogP contribution in [0.1, 0.15) is 59.1 Å². The molecule has 2 aliphatic carbocycles. The van der Waals surface area contributed by atoms with Crippen LogP contribution >= 0.6 is 0 Å². The summed E-state index contributed by atoms with van der Waals surface area (Å²) in [5, 5.41) is 0. The Kier molecular flexibility index (Phi) is 3.51. The zero-order chi connectivity index (χ0) is 22.6. The molecule has 0 radical (unpaired) electrons. The normalized spacial score (nSPS) is 20.6. The van der Waals surface area contributed by atoms with Gasteiger partial charge >= 0.3 is 5.66 Å². The van der Waals surface area contributed by atoms with Crippen molar-refractivity contribution in [3.8, 4) is 22.5 Å². The summed E-state index contributed by atoms with van der Waals surface area (Å²) in [7, 11) is 0.